The number of nitrogens with one attached hydrogen (secondary N) is 1. The number of hydrogen-bond acceptors (Lipinski definition) is 5. The van der Waals surface area contributed by atoms with E-state index in [1.165, 1.54) is 7.11 Å². The summed E-state index contributed by atoms with van der Waals surface area (Å²) in [5, 5.41) is 12.6. The first-order chi connectivity index (χ1) is 9.58. The van der Waals surface area contributed by atoms with Crippen molar-refractivity contribution < 1.29 is 19.4 Å². The van der Waals surface area contributed by atoms with Gasteiger partial charge in [-0.3, -0.25) is 14.5 Å². The molecular formula is C14H18N2O4. The monoisotopic (exact) mass is 278 g/mol. The third kappa shape index (κ3) is 3.71. The van der Waals surface area contributed by atoms with Gasteiger partial charge >= 0.3 is 5.97 Å². The first-order valence-electron chi connectivity index (χ1n) is 6.45. The molecule has 1 heterocycles. The van der Waals surface area contributed by atoms with Crippen LogP contribution >= 0.6 is 0 Å². The summed E-state index contributed by atoms with van der Waals surface area (Å²) >= 11 is 0. The molecule has 0 radical (unpaired) electrons. The number of ether oxygens (including phenoxy) is 1. The summed E-state index contributed by atoms with van der Waals surface area (Å²) < 4.78 is 4.62. The molecule has 2 rings (SSSR count). The second kappa shape index (κ2) is 6.38. The maximum atomic E-state index is 11.3. The fourth-order valence-electron chi connectivity index (χ4n) is 2.18. The number of methoxy groups -OCH3 is 1. The molecule has 1 aromatic rings. The van der Waals surface area contributed by atoms with Crippen LogP contribution in [0.4, 0.5) is 0 Å². The van der Waals surface area contributed by atoms with Gasteiger partial charge in [-0.15, -0.1) is 0 Å². The van der Waals surface area contributed by atoms with Crippen molar-refractivity contribution in [2.75, 3.05) is 26.7 Å². The van der Waals surface area contributed by atoms with Crippen molar-refractivity contribution in [3.63, 3.8) is 0 Å². The Bertz CT molecular complexity index is 516. The van der Waals surface area contributed by atoms with Crippen LogP contribution in [0.25, 0.3) is 0 Å². The number of carbonyl (C=O) groups excluding carboxylic acids is 2. The van der Waals surface area contributed by atoms with Crippen LogP contribution in [0.2, 0.25) is 0 Å². The van der Waals surface area contributed by atoms with E-state index in [4.69, 9.17) is 0 Å². The van der Waals surface area contributed by atoms with Gasteiger partial charge < -0.3 is 15.2 Å². The predicted molar refractivity (Wildman–Crippen MR) is 72.1 cm³/mol. The summed E-state index contributed by atoms with van der Waals surface area (Å²) in [7, 11) is 1.34. The number of benzene rings is 1. The lowest BCUT2D eigenvalue weighted by Crippen LogP contribution is -2.47. The Morgan fingerprint density at radius 2 is 2.30 bits per heavy atom. The molecular weight excluding hydrogens is 260 g/mol. The molecule has 0 unspecified atom stereocenters. The van der Waals surface area contributed by atoms with E-state index < -0.39 is 0 Å². The highest BCUT2D eigenvalue weighted by Gasteiger charge is 2.17. The van der Waals surface area contributed by atoms with Crippen molar-refractivity contribution in [3.05, 3.63) is 29.3 Å². The summed E-state index contributed by atoms with van der Waals surface area (Å²) in [6, 6.07) is 5.04. The van der Waals surface area contributed by atoms with Crippen molar-refractivity contribution >= 4 is 11.9 Å². The minimum atomic E-state index is -0.320. The van der Waals surface area contributed by atoms with Crippen LogP contribution in [0.1, 0.15) is 11.1 Å². The molecule has 6 nitrogen and oxygen atoms in total. The first-order valence-corrected chi connectivity index (χ1v) is 6.45. The van der Waals surface area contributed by atoms with E-state index >= 15 is 0 Å². The largest absolute Gasteiger partial charge is 0.508 e. The molecule has 0 bridgehead atoms. The van der Waals surface area contributed by atoms with Crippen LogP contribution in [0.3, 0.4) is 0 Å². The Labute approximate surface area is 117 Å². The normalized spacial score (nSPS) is 15.8. The van der Waals surface area contributed by atoms with Crippen LogP contribution < -0.4 is 5.32 Å². The maximum Gasteiger partial charge on any atom is 0.309 e. The van der Waals surface area contributed by atoms with Gasteiger partial charge in [0.1, 0.15) is 5.75 Å². The Kier molecular flexibility index (Phi) is 4.57. The van der Waals surface area contributed by atoms with Crippen molar-refractivity contribution in [3.8, 4) is 5.75 Å². The molecule has 0 aliphatic carbocycles. The fourth-order valence-corrected chi connectivity index (χ4v) is 2.18. The number of rotatable bonds is 4. The Morgan fingerprint density at radius 1 is 1.50 bits per heavy atom. The van der Waals surface area contributed by atoms with Gasteiger partial charge in [-0.2, -0.15) is 0 Å². The lowest BCUT2D eigenvalue weighted by atomic mass is 10.1. The standard InChI is InChI=1S/C14H18N2O4/c1-20-14(19)7-10-2-3-12(17)11(6-10)8-16-5-4-15-13(18)9-16/h2-3,6,17H,4-5,7-9H2,1H3,(H,15,18). The lowest BCUT2D eigenvalue weighted by Gasteiger charge is -2.26. The highest BCUT2D eigenvalue weighted by Crippen LogP contribution is 2.21. The van der Waals surface area contributed by atoms with Gasteiger partial charge in [-0.1, -0.05) is 12.1 Å². The summed E-state index contributed by atoms with van der Waals surface area (Å²) in [4.78, 5) is 24.5. The molecule has 20 heavy (non-hydrogen) atoms. The number of nitrogens with zero attached hydrogens (tertiary/aromatic N) is 1. The zero-order valence-corrected chi connectivity index (χ0v) is 11.4. The van der Waals surface area contributed by atoms with E-state index in [9.17, 15) is 14.7 Å². The molecule has 0 atom stereocenters. The highest BCUT2D eigenvalue weighted by atomic mass is 16.5. The molecule has 1 saturated heterocycles. The van der Waals surface area contributed by atoms with Crippen molar-refractivity contribution in [2.24, 2.45) is 0 Å². The molecule has 1 aromatic carbocycles. The zero-order valence-electron chi connectivity index (χ0n) is 11.4. The number of phenolic OH excluding ortho intramolecular Hbond substituents is 1. The fraction of sp³-hybridized carbons (Fsp3) is 0.429. The summed E-state index contributed by atoms with van der Waals surface area (Å²) in [5.74, 6) is -0.162. The number of phenols is 1. The summed E-state index contributed by atoms with van der Waals surface area (Å²) in [5.41, 5.74) is 1.49. The van der Waals surface area contributed by atoms with Crippen molar-refractivity contribution in [2.45, 2.75) is 13.0 Å². The number of esters is 1. The maximum absolute atomic E-state index is 11.3. The second-order valence-electron chi connectivity index (χ2n) is 4.78. The first kappa shape index (κ1) is 14.3. The number of amides is 1. The third-order valence-corrected chi connectivity index (χ3v) is 3.23. The Balaban J connectivity index is 2.08. The summed E-state index contributed by atoms with van der Waals surface area (Å²) in [6.45, 7) is 2.16. The Hall–Kier alpha value is -2.08. The molecule has 0 spiro atoms. The number of carbonyl (C=O) groups is 2. The van der Waals surface area contributed by atoms with Gasteiger partial charge in [0.15, 0.2) is 0 Å². The van der Waals surface area contributed by atoms with Crippen molar-refractivity contribution in [1.82, 2.24) is 10.2 Å². The number of hydrogen-bond donors (Lipinski definition) is 2. The molecule has 1 amide bonds. The molecule has 108 valence electrons. The molecule has 1 aliphatic rings. The second-order valence-corrected chi connectivity index (χ2v) is 4.78. The molecule has 1 fully saturated rings. The van der Waals surface area contributed by atoms with Crippen molar-refractivity contribution in [1.29, 1.82) is 0 Å². The van der Waals surface area contributed by atoms with E-state index in [1.807, 2.05) is 4.90 Å². The zero-order chi connectivity index (χ0) is 14.5. The molecule has 6 heteroatoms. The van der Waals surface area contributed by atoms with Gasteiger partial charge in [-0.25, -0.2) is 0 Å². The summed E-state index contributed by atoms with van der Waals surface area (Å²) in [6.07, 6.45) is 0.171. The lowest BCUT2D eigenvalue weighted by molar-refractivity contribution is -0.139. The number of aromatic hydroxyl groups is 1. The van der Waals surface area contributed by atoms with Gasteiger partial charge in [0.2, 0.25) is 5.91 Å². The molecule has 2 N–H and O–H groups in total. The van der Waals surface area contributed by atoms with Crippen LogP contribution in [0.15, 0.2) is 18.2 Å². The molecule has 0 aromatic heterocycles. The van der Waals surface area contributed by atoms with Gasteiger partial charge in [0, 0.05) is 25.2 Å². The highest BCUT2D eigenvalue weighted by molar-refractivity contribution is 5.78. The van der Waals surface area contributed by atoms with Gasteiger partial charge in [-0.05, 0) is 11.6 Å². The SMILES string of the molecule is COC(=O)Cc1ccc(O)c(CN2CCNC(=O)C2)c1. The minimum Gasteiger partial charge on any atom is -0.508 e. The third-order valence-electron chi connectivity index (χ3n) is 3.23. The van der Waals surface area contributed by atoms with Gasteiger partial charge in [0.25, 0.3) is 0 Å². The van der Waals surface area contributed by atoms with E-state index in [-0.39, 0.29) is 24.0 Å². The quantitative estimate of drug-likeness (QED) is 0.760. The predicted octanol–water partition coefficient (Wildman–Crippen LogP) is 0.0395. The van der Waals surface area contributed by atoms with Crippen LogP contribution in [-0.2, 0) is 27.3 Å². The average Bonchev–Trinajstić information content (AvgIpc) is 2.42. The number of piperazine rings is 1. The van der Waals surface area contributed by atoms with Crippen LogP contribution in [0, 0.1) is 0 Å². The average molecular weight is 278 g/mol. The molecule has 0 saturated carbocycles. The Morgan fingerprint density at radius 3 is 3.00 bits per heavy atom. The topological polar surface area (TPSA) is 78.9 Å². The minimum absolute atomic E-state index is 0.0125. The van der Waals surface area contributed by atoms with Crippen LogP contribution in [0.5, 0.6) is 5.75 Å². The van der Waals surface area contributed by atoms with E-state index in [2.05, 4.69) is 10.1 Å². The van der Waals surface area contributed by atoms with Gasteiger partial charge in [0.05, 0.1) is 20.1 Å². The van der Waals surface area contributed by atoms with E-state index in [0.717, 1.165) is 12.1 Å². The van der Waals surface area contributed by atoms with E-state index in [0.29, 0.717) is 25.2 Å². The smallest absolute Gasteiger partial charge is 0.309 e. The van der Waals surface area contributed by atoms with E-state index in [1.54, 1.807) is 18.2 Å². The molecule has 1 aliphatic heterocycles. The van der Waals surface area contributed by atoms with Crippen LogP contribution in [-0.4, -0.2) is 48.6 Å².